The van der Waals surface area contributed by atoms with Gasteiger partial charge in [0.25, 0.3) is 0 Å². The van der Waals surface area contributed by atoms with Gasteiger partial charge in [-0.05, 0) is 93.4 Å². The summed E-state index contributed by atoms with van der Waals surface area (Å²) < 4.78 is 8.42. The molecule has 0 spiro atoms. The van der Waals surface area contributed by atoms with Crippen LogP contribution in [0.15, 0.2) is 126 Å². The van der Waals surface area contributed by atoms with Gasteiger partial charge < -0.3 is 8.98 Å². The molecule has 2 aromatic heterocycles. The van der Waals surface area contributed by atoms with E-state index in [1.807, 2.05) is 36.0 Å². The Labute approximate surface area is 252 Å². The molecule has 3 nitrogen and oxygen atoms in total. The number of nitrogens with zero attached hydrogens (tertiary/aromatic N) is 2. The minimum Gasteiger partial charge on any atom is -0.456 e. The Morgan fingerprint density at radius 2 is 1.35 bits per heavy atom. The predicted octanol–water partition coefficient (Wildman–Crippen LogP) is 11.3. The first-order valence-electron chi connectivity index (χ1n) is 14.4. The molecule has 0 fully saturated rings. The summed E-state index contributed by atoms with van der Waals surface area (Å²) in [5.74, 6) is 1.95. The minimum absolute atomic E-state index is 0.666. The molecule has 0 aliphatic carbocycles. The van der Waals surface area contributed by atoms with Gasteiger partial charge in [-0.2, -0.15) is 11.8 Å². The molecule has 0 bridgehead atoms. The van der Waals surface area contributed by atoms with Gasteiger partial charge in [-0.1, -0.05) is 66.7 Å². The van der Waals surface area contributed by atoms with Crippen LogP contribution in [0.3, 0.4) is 0 Å². The van der Waals surface area contributed by atoms with Crippen molar-refractivity contribution in [2.75, 3.05) is 0 Å². The Morgan fingerprint density at radius 3 is 2.28 bits per heavy atom. The summed E-state index contributed by atoms with van der Waals surface area (Å²) in [6, 6.07) is 43.2. The lowest BCUT2D eigenvalue weighted by Crippen LogP contribution is -1.97. The SMILES string of the molecule is [C-]#[N+]c1ccc2c(c1)c1ccccc1n2-c1ccc2c(c1)-c1ccc(-c3ccc4oc5ccccc5c4c3)cc1CSC2. The van der Waals surface area contributed by atoms with E-state index in [0.717, 1.165) is 55.6 Å². The van der Waals surface area contributed by atoms with Crippen molar-refractivity contribution in [3.8, 4) is 27.9 Å². The third kappa shape index (κ3) is 3.75. The van der Waals surface area contributed by atoms with Gasteiger partial charge in [0.2, 0.25) is 0 Å². The van der Waals surface area contributed by atoms with E-state index in [4.69, 9.17) is 11.0 Å². The van der Waals surface area contributed by atoms with Crippen molar-refractivity contribution in [3.05, 3.63) is 144 Å². The third-order valence-corrected chi connectivity index (χ3v) is 9.79. The molecule has 8 aromatic rings. The molecule has 4 heteroatoms. The van der Waals surface area contributed by atoms with Crippen LogP contribution < -0.4 is 0 Å². The second-order valence-corrected chi connectivity index (χ2v) is 12.2. The standard InChI is InChI=1S/C39H24N2OS/c1-40-28-13-16-37-34(20-28)31-6-2-4-8-36(31)41(37)29-14-10-26-22-43-23-27-18-24(11-15-30(27)33(26)21-29)25-12-17-39-35(19-25)32-7-3-5-9-38(32)42-39/h2-21H,22-23H2. The van der Waals surface area contributed by atoms with Gasteiger partial charge in [0.1, 0.15) is 11.2 Å². The van der Waals surface area contributed by atoms with E-state index in [1.54, 1.807) is 0 Å². The number of thioether (sulfide) groups is 1. The molecule has 0 atom stereocenters. The molecular formula is C39H24N2OS. The van der Waals surface area contributed by atoms with E-state index in [-0.39, 0.29) is 0 Å². The van der Waals surface area contributed by atoms with Crippen LogP contribution in [0.1, 0.15) is 11.1 Å². The zero-order valence-electron chi connectivity index (χ0n) is 23.2. The zero-order valence-corrected chi connectivity index (χ0v) is 24.0. The lowest BCUT2D eigenvalue weighted by Gasteiger charge is -2.15. The van der Waals surface area contributed by atoms with Gasteiger partial charge >= 0.3 is 0 Å². The summed E-state index contributed by atoms with van der Waals surface area (Å²) in [6.07, 6.45) is 0. The summed E-state index contributed by atoms with van der Waals surface area (Å²) >= 11 is 1.97. The van der Waals surface area contributed by atoms with Crippen LogP contribution in [0.5, 0.6) is 0 Å². The van der Waals surface area contributed by atoms with Crippen LogP contribution >= 0.6 is 11.8 Å². The molecular weight excluding hydrogens is 545 g/mol. The summed E-state index contributed by atoms with van der Waals surface area (Å²) in [5, 5.41) is 4.59. The average Bonchev–Trinajstić information content (AvgIpc) is 3.53. The second-order valence-electron chi connectivity index (χ2n) is 11.2. The topological polar surface area (TPSA) is 22.4 Å². The highest BCUT2D eigenvalue weighted by Crippen LogP contribution is 2.41. The van der Waals surface area contributed by atoms with Crippen LogP contribution in [0.25, 0.3) is 76.5 Å². The fourth-order valence-corrected chi connectivity index (χ4v) is 7.75. The summed E-state index contributed by atoms with van der Waals surface area (Å²) in [4.78, 5) is 3.69. The van der Waals surface area contributed by atoms with Crippen molar-refractivity contribution in [1.29, 1.82) is 0 Å². The Hall–Kier alpha value is -5.24. The smallest absolute Gasteiger partial charge is 0.188 e. The maximum Gasteiger partial charge on any atom is 0.188 e. The van der Waals surface area contributed by atoms with E-state index in [0.29, 0.717) is 5.69 Å². The molecule has 0 saturated carbocycles. The van der Waals surface area contributed by atoms with E-state index in [1.165, 1.54) is 38.8 Å². The van der Waals surface area contributed by atoms with Gasteiger partial charge in [-0.15, -0.1) is 0 Å². The Bertz CT molecular complexity index is 2460. The van der Waals surface area contributed by atoms with E-state index >= 15 is 0 Å². The molecule has 9 rings (SSSR count). The average molecular weight is 569 g/mol. The fraction of sp³-hybridized carbons (Fsp3) is 0.0513. The van der Waals surface area contributed by atoms with Crippen molar-refractivity contribution in [2.45, 2.75) is 11.5 Å². The summed E-state index contributed by atoms with van der Waals surface area (Å²) in [7, 11) is 0. The highest BCUT2D eigenvalue weighted by Gasteiger charge is 2.19. The van der Waals surface area contributed by atoms with Crippen molar-refractivity contribution in [1.82, 2.24) is 4.57 Å². The molecule has 202 valence electrons. The lowest BCUT2D eigenvalue weighted by molar-refractivity contribution is 0.669. The molecule has 0 saturated heterocycles. The van der Waals surface area contributed by atoms with Crippen LogP contribution in [-0.4, -0.2) is 4.57 Å². The number of furan rings is 1. The lowest BCUT2D eigenvalue weighted by atomic mass is 9.92. The Morgan fingerprint density at radius 1 is 0.581 bits per heavy atom. The minimum atomic E-state index is 0.666. The van der Waals surface area contributed by atoms with Crippen molar-refractivity contribution in [3.63, 3.8) is 0 Å². The van der Waals surface area contributed by atoms with E-state index < -0.39 is 0 Å². The van der Waals surface area contributed by atoms with E-state index in [2.05, 4.69) is 106 Å². The highest BCUT2D eigenvalue weighted by atomic mass is 32.2. The van der Waals surface area contributed by atoms with Gasteiger partial charge in [0, 0.05) is 33.4 Å². The fourth-order valence-electron chi connectivity index (χ4n) is 6.72. The molecule has 0 N–H and O–H groups in total. The predicted molar refractivity (Wildman–Crippen MR) is 180 cm³/mol. The zero-order chi connectivity index (χ0) is 28.5. The molecule has 43 heavy (non-hydrogen) atoms. The summed E-state index contributed by atoms with van der Waals surface area (Å²) in [5.41, 5.74) is 13.7. The molecule has 0 unspecified atom stereocenters. The van der Waals surface area contributed by atoms with Crippen molar-refractivity contribution in [2.24, 2.45) is 0 Å². The number of hydrogen-bond donors (Lipinski definition) is 0. The number of fused-ring (bicyclic) bond motifs is 9. The van der Waals surface area contributed by atoms with Crippen LogP contribution in [0.2, 0.25) is 0 Å². The maximum absolute atomic E-state index is 7.53. The van der Waals surface area contributed by atoms with Gasteiger partial charge in [-0.3, -0.25) is 0 Å². The number of hydrogen-bond acceptors (Lipinski definition) is 2. The molecule has 0 amide bonds. The quantitative estimate of drug-likeness (QED) is 0.194. The third-order valence-electron chi connectivity index (χ3n) is 8.76. The molecule has 3 heterocycles. The van der Waals surface area contributed by atoms with Crippen LogP contribution in [0, 0.1) is 6.57 Å². The first-order valence-corrected chi connectivity index (χ1v) is 15.6. The number of benzene rings is 6. The highest BCUT2D eigenvalue weighted by molar-refractivity contribution is 7.97. The second kappa shape index (κ2) is 9.39. The van der Waals surface area contributed by atoms with E-state index in [9.17, 15) is 0 Å². The molecule has 1 aliphatic rings. The number of para-hydroxylation sites is 2. The maximum atomic E-state index is 7.53. The Kier molecular flexibility index (Phi) is 5.32. The van der Waals surface area contributed by atoms with Gasteiger partial charge in [0.15, 0.2) is 5.69 Å². The van der Waals surface area contributed by atoms with Crippen LogP contribution in [-0.2, 0) is 11.5 Å². The summed E-state index contributed by atoms with van der Waals surface area (Å²) in [6.45, 7) is 7.53. The molecule has 0 radical (unpaired) electrons. The van der Waals surface area contributed by atoms with Crippen molar-refractivity contribution >= 4 is 61.2 Å². The van der Waals surface area contributed by atoms with Gasteiger partial charge in [0.05, 0.1) is 17.6 Å². The van der Waals surface area contributed by atoms with Crippen LogP contribution in [0.4, 0.5) is 5.69 Å². The first-order chi connectivity index (χ1) is 21.2. The number of rotatable bonds is 2. The normalized spacial score (nSPS) is 12.8. The largest absolute Gasteiger partial charge is 0.456 e. The van der Waals surface area contributed by atoms with Crippen molar-refractivity contribution < 1.29 is 4.42 Å². The monoisotopic (exact) mass is 568 g/mol. The molecule has 6 aromatic carbocycles. The Balaban J connectivity index is 1.19. The number of aromatic nitrogens is 1. The first kappa shape index (κ1) is 24.4. The molecule has 1 aliphatic heterocycles. The van der Waals surface area contributed by atoms with Gasteiger partial charge in [-0.25, -0.2) is 4.85 Å².